The first-order valence-electron chi connectivity index (χ1n) is 27.7. The molecule has 12 heteroatoms. The number of allylic oxidation sites excluding steroid dienone is 1. The van der Waals surface area contributed by atoms with Crippen LogP contribution < -0.4 is 20.9 Å². The Bertz CT molecular complexity index is 2380. The van der Waals surface area contributed by atoms with Crippen molar-refractivity contribution in [1.29, 1.82) is 0 Å². The van der Waals surface area contributed by atoms with Crippen molar-refractivity contribution in [2.75, 3.05) is 24.7 Å². The fourth-order valence-electron chi connectivity index (χ4n) is 10.3. The highest BCUT2D eigenvalue weighted by atomic mass is 16.5. The van der Waals surface area contributed by atoms with Gasteiger partial charge in [0.2, 0.25) is 11.6 Å². The molecule has 4 aromatic rings. The van der Waals surface area contributed by atoms with E-state index in [4.69, 9.17) is 30.4 Å². The summed E-state index contributed by atoms with van der Waals surface area (Å²) in [6, 6.07) is 27.1. The van der Waals surface area contributed by atoms with Crippen molar-refractivity contribution in [3.8, 4) is 11.5 Å². The zero-order valence-electron chi connectivity index (χ0n) is 44.4. The molecule has 6 N–H and O–H groups in total. The number of ketones is 2. The van der Waals surface area contributed by atoms with Gasteiger partial charge in [0.1, 0.15) is 11.5 Å². The van der Waals surface area contributed by atoms with E-state index in [2.05, 4.69) is 13.8 Å². The summed E-state index contributed by atoms with van der Waals surface area (Å²) in [6.45, 7) is 5.94. The van der Waals surface area contributed by atoms with Gasteiger partial charge in [-0.15, -0.1) is 0 Å². The minimum atomic E-state index is -3.07. The SMILES string of the molecule is CCCCCCCOC1CCC(C(=O)Oc2ccc(C=CC(=O)CC(Cc3ccc(N)cc3)(Cc3ccc(N)cc3)C(O)(O)C(=O)C=Cc3ccc(OC(=O)C4CCC(OCCCCCCC)CC4)cc3)cc2)CC1. The Kier molecular flexibility index (Phi) is 23.3. The van der Waals surface area contributed by atoms with Crippen LogP contribution in [0.2, 0.25) is 0 Å². The predicted octanol–water partition coefficient (Wildman–Crippen LogP) is 12.2. The smallest absolute Gasteiger partial charge is 0.314 e. The zero-order valence-corrected chi connectivity index (χ0v) is 44.4. The van der Waals surface area contributed by atoms with E-state index in [1.807, 2.05) is 0 Å². The number of benzene rings is 4. The van der Waals surface area contributed by atoms with Gasteiger partial charge in [-0.3, -0.25) is 19.2 Å². The molecule has 2 saturated carbocycles. The van der Waals surface area contributed by atoms with Gasteiger partial charge < -0.3 is 40.6 Å². The molecule has 0 bridgehead atoms. The van der Waals surface area contributed by atoms with Crippen LogP contribution in [-0.4, -0.2) is 64.9 Å². The van der Waals surface area contributed by atoms with Crippen molar-refractivity contribution in [1.82, 2.24) is 0 Å². The van der Waals surface area contributed by atoms with Gasteiger partial charge in [0, 0.05) is 36.4 Å². The minimum absolute atomic E-state index is 0.0917. The second-order valence-corrected chi connectivity index (χ2v) is 21.0. The Balaban J connectivity index is 1.10. The summed E-state index contributed by atoms with van der Waals surface area (Å²) in [5.41, 5.74) is 13.7. The first-order chi connectivity index (χ1) is 36.2. The summed E-state index contributed by atoms with van der Waals surface area (Å²) < 4.78 is 23.7. The van der Waals surface area contributed by atoms with Gasteiger partial charge in [-0.1, -0.05) is 126 Å². The van der Waals surface area contributed by atoms with Gasteiger partial charge in [0.15, 0.2) is 5.78 Å². The Morgan fingerprint density at radius 3 is 1.31 bits per heavy atom. The number of anilines is 2. The molecule has 0 saturated heterocycles. The third kappa shape index (κ3) is 18.7. The van der Waals surface area contributed by atoms with Gasteiger partial charge in [0.25, 0.3) is 0 Å². The van der Waals surface area contributed by atoms with Crippen LogP contribution in [0.5, 0.6) is 11.5 Å². The second kappa shape index (κ2) is 30.0. The van der Waals surface area contributed by atoms with Crippen molar-refractivity contribution in [2.24, 2.45) is 17.3 Å². The number of hydrogen-bond acceptors (Lipinski definition) is 12. The molecule has 75 heavy (non-hydrogen) atoms. The molecular weight excluding hydrogens is 945 g/mol. The summed E-state index contributed by atoms with van der Waals surface area (Å²) >= 11 is 0. The summed E-state index contributed by atoms with van der Waals surface area (Å²) in [7, 11) is 0. The highest BCUT2D eigenvalue weighted by molar-refractivity contribution is 6.01. The summed E-state index contributed by atoms with van der Waals surface area (Å²) in [6.07, 6.45) is 23.3. The topological polar surface area (TPSA) is 198 Å². The molecule has 0 atom stereocenters. The van der Waals surface area contributed by atoms with Crippen molar-refractivity contribution in [3.63, 3.8) is 0 Å². The molecule has 0 aromatic heterocycles. The molecule has 0 aliphatic heterocycles. The van der Waals surface area contributed by atoms with Crippen molar-refractivity contribution in [2.45, 2.75) is 167 Å². The van der Waals surface area contributed by atoms with Crippen LogP contribution in [0, 0.1) is 17.3 Å². The van der Waals surface area contributed by atoms with Gasteiger partial charge in [-0.2, -0.15) is 0 Å². The Hall–Kier alpha value is -5.92. The summed E-state index contributed by atoms with van der Waals surface area (Å²) in [4.78, 5) is 54.7. The second-order valence-electron chi connectivity index (χ2n) is 21.0. The standard InChI is InChI=1S/C63H82N2O10/c1-3-5-7-9-11-41-72-55-36-23-50(24-37-55)60(68)74-57-32-18-46(19-33-57)17-31-54(66)45-62(43-48-13-27-52(64)28-14-48,44-49-15-29-53(65)30-16-49)63(70,71)59(67)40-22-47-20-34-58(35-21-47)75-61(69)51-25-38-56(39-26-51)73-42-12-10-8-6-4-2/h13-22,27-35,40,50-51,55-56,70-71H,3-12,23-26,36-39,41-45,64-65H2,1-2H3. The van der Waals surface area contributed by atoms with Crippen LogP contribution in [0.4, 0.5) is 11.4 Å². The maximum absolute atomic E-state index is 14.3. The number of carbonyl (C=O) groups is 4. The molecule has 0 unspecified atom stereocenters. The molecule has 0 spiro atoms. The lowest BCUT2D eigenvalue weighted by Gasteiger charge is -2.42. The van der Waals surface area contributed by atoms with E-state index in [0.29, 0.717) is 58.0 Å². The van der Waals surface area contributed by atoms with E-state index in [1.165, 1.54) is 63.5 Å². The molecule has 2 aliphatic carbocycles. The lowest BCUT2D eigenvalue weighted by atomic mass is 9.65. The van der Waals surface area contributed by atoms with Crippen molar-refractivity contribution in [3.05, 3.63) is 131 Å². The third-order valence-electron chi connectivity index (χ3n) is 14.9. The largest absolute Gasteiger partial charge is 0.426 e. The van der Waals surface area contributed by atoms with Crippen molar-refractivity contribution >= 4 is 47.0 Å². The molecule has 4 aromatic carbocycles. The number of nitrogen functional groups attached to an aromatic ring is 2. The van der Waals surface area contributed by atoms with E-state index in [-0.39, 0.29) is 48.8 Å². The number of rotatable bonds is 30. The molecule has 6 rings (SSSR count). The molecule has 0 heterocycles. The van der Waals surface area contributed by atoms with Gasteiger partial charge in [0.05, 0.1) is 24.0 Å². The van der Waals surface area contributed by atoms with Crippen LogP contribution >= 0.6 is 0 Å². The normalized spacial score (nSPS) is 18.3. The Morgan fingerprint density at radius 1 is 0.520 bits per heavy atom. The Labute approximate surface area is 445 Å². The van der Waals surface area contributed by atoms with Crippen LogP contribution in [0.1, 0.15) is 158 Å². The van der Waals surface area contributed by atoms with E-state index in [9.17, 15) is 29.4 Å². The molecule has 2 fully saturated rings. The molecule has 0 radical (unpaired) electrons. The number of esters is 2. The van der Waals surface area contributed by atoms with E-state index >= 15 is 0 Å². The van der Waals surface area contributed by atoms with E-state index in [1.54, 1.807) is 103 Å². The van der Waals surface area contributed by atoms with Crippen LogP contribution in [0.3, 0.4) is 0 Å². The number of nitrogens with two attached hydrogens (primary N) is 2. The molecular formula is C63H82N2O10. The molecule has 0 amide bonds. The monoisotopic (exact) mass is 1030 g/mol. The van der Waals surface area contributed by atoms with Crippen LogP contribution in [0.15, 0.2) is 109 Å². The zero-order chi connectivity index (χ0) is 53.5. The molecule has 12 nitrogen and oxygen atoms in total. The van der Waals surface area contributed by atoms with E-state index in [0.717, 1.165) is 70.7 Å². The quantitative estimate of drug-likeness (QED) is 0.00964. The highest BCUT2D eigenvalue weighted by Crippen LogP contribution is 2.43. The van der Waals surface area contributed by atoms with Crippen LogP contribution in [0.25, 0.3) is 12.2 Å². The maximum atomic E-state index is 14.3. The third-order valence-corrected chi connectivity index (χ3v) is 14.9. The Morgan fingerprint density at radius 2 is 0.907 bits per heavy atom. The van der Waals surface area contributed by atoms with Gasteiger partial charge in [-0.25, -0.2) is 0 Å². The van der Waals surface area contributed by atoms with E-state index < -0.39 is 29.2 Å². The fourth-order valence-corrected chi connectivity index (χ4v) is 10.3. The van der Waals surface area contributed by atoms with Gasteiger partial charge in [-0.05, 0) is 160 Å². The fraction of sp³-hybridized carbons (Fsp3) is 0.492. The first-order valence-corrected chi connectivity index (χ1v) is 27.7. The maximum Gasteiger partial charge on any atom is 0.314 e. The average Bonchev–Trinajstić information content (AvgIpc) is 3.41. The van der Waals surface area contributed by atoms with Crippen molar-refractivity contribution < 1.29 is 48.3 Å². The minimum Gasteiger partial charge on any atom is -0.426 e. The lowest BCUT2D eigenvalue weighted by Crippen LogP contribution is -2.57. The van der Waals surface area contributed by atoms with Gasteiger partial charge >= 0.3 is 11.9 Å². The molecule has 404 valence electrons. The van der Waals surface area contributed by atoms with Crippen LogP contribution in [-0.2, 0) is 41.5 Å². The number of hydrogen-bond donors (Lipinski definition) is 4. The first kappa shape index (κ1) is 58.3. The number of carbonyl (C=O) groups excluding carboxylic acids is 4. The number of ether oxygens (including phenoxy) is 4. The molecule has 2 aliphatic rings. The highest BCUT2D eigenvalue weighted by Gasteiger charge is 2.54. The number of unbranched alkanes of at least 4 members (excludes halogenated alkanes) is 8. The predicted molar refractivity (Wildman–Crippen MR) is 296 cm³/mol. The average molecular weight is 1030 g/mol. The lowest BCUT2D eigenvalue weighted by molar-refractivity contribution is -0.230. The summed E-state index contributed by atoms with van der Waals surface area (Å²) in [5, 5.41) is 24.6. The summed E-state index contributed by atoms with van der Waals surface area (Å²) in [5.74, 6) is -4.76. The number of aliphatic hydroxyl groups is 2.